The first-order valence-electron chi connectivity index (χ1n) is 5.70. The smallest absolute Gasteiger partial charge is 0.353 e. The van der Waals surface area contributed by atoms with Crippen LogP contribution >= 0.6 is 0 Å². The Labute approximate surface area is 108 Å². The Morgan fingerprint density at radius 1 is 1.42 bits per heavy atom. The molecule has 0 unspecified atom stereocenters. The molecule has 1 heterocycles. The summed E-state index contributed by atoms with van der Waals surface area (Å²) in [5, 5.41) is 8.55. The summed E-state index contributed by atoms with van der Waals surface area (Å²) < 4.78 is 37.6. The molecule has 102 valence electrons. The average Bonchev–Trinajstić information content (AvgIpc) is 2.89. The van der Waals surface area contributed by atoms with Crippen molar-refractivity contribution in [2.75, 3.05) is 20.1 Å². The first kappa shape index (κ1) is 13.4. The van der Waals surface area contributed by atoms with E-state index in [-0.39, 0.29) is 0 Å². The lowest BCUT2D eigenvalue weighted by molar-refractivity contribution is -0.137. The quantitative estimate of drug-likeness (QED) is 0.659. The van der Waals surface area contributed by atoms with Gasteiger partial charge >= 0.3 is 6.18 Å². The molecule has 0 spiro atoms. The Hall–Kier alpha value is -2.05. The molecule has 1 N–H and O–H groups in total. The number of hydrogen-bond acceptors (Lipinski definition) is 4. The molecule has 1 aliphatic heterocycles. The van der Waals surface area contributed by atoms with Crippen molar-refractivity contribution < 1.29 is 13.2 Å². The van der Waals surface area contributed by atoms with Gasteiger partial charge in [0.1, 0.15) is 0 Å². The summed E-state index contributed by atoms with van der Waals surface area (Å²) in [6.45, 7) is 1.43. The first-order chi connectivity index (χ1) is 8.97. The molecule has 0 atom stereocenters. The van der Waals surface area contributed by atoms with Crippen molar-refractivity contribution in [2.24, 2.45) is 10.1 Å². The van der Waals surface area contributed by atoms with Gasteiger partial charge in [-0.25, -0.2) is 10.0 Å². The van der Waals surface area contributed by atoms with E-state index in [4.69, 9.17) is 0 Å². The van der Waals surface area contributed by atoms with Crippen molar-refractivity contribution in [1.82, 2.24) is 10.3 Å². The highest BCUT2D eigenvalue weighted by atomic mass is 19.4. The van der Waals surface area contributed by atoms with Crippen molar-refractivity contribution in [3.05, 3.63) is 35.4 Å². The number of nitrogens with zero attached hydrogens (tertiary/aromatic N) is 3. The van der Waals surface area contributed by atoms with Crippen LogP contribution in [0.25, 0.3) is 0 Å². The first-order valence-corrected chi connectivity index (χ1v) is 5.70. The summed E-state index contributed by atoms with van der Waals surface area (Å²) in [5.41, 5.74) is -0.296. The largest absolute Gasteiger partial charge is 0.416 e. The molecule has 0 fully saturated rings. The van der Waals surface area contributed by atoms with Crippen LogP contribution < -0.4 is 5.32 Å². The number of benzene rings is 1. The Kier molecular flexibility index (Phi) is 3.73. The van der Waals surface area contributed by atoms with E-state index in [2.05, 4.69) is 15.4 Å². The third-order valence-corrected chi connectivity index (χ3v) is 2.56. The Bertz CT molecular complexity index is 508. The molecule has 19 heavy (non-hydrogen) atoms. The minimum Gasteiger partial charge on any atom is -0.353 e. The summed E-state index contributed by atoms with van der Waals surface area (Å²) in [6.07, 6.45) is -2.97. The summed E-state index contributed by atoms with van der Waals surface area (Å²) in [7, 11) is 1.68. The van der Waals surface area contributed by atoms with Crippen LogP contribution in [0.1, 0.15) is 11.1 Å². The summed E-state index contributed by atoms with van der Waals surface area (Å²) in [5.74, 6) is 0.614. The standard InChI is InChI=1S/C12H13F3N4/c1-19(11-16-5-6-17-11)18-8-9-3-2-4-10(7-9)12(13,14)15/h2-4,7-8H,5-6H2,1H3,(H,16,17)/b18-8-. The second kappa shape index (κ2) is 5.29. The second-order valence-corrected chi connectivity index (χ2v) is 4.02. The Morgan fingerprint density at radius 2 is 2.21 bits per heavy atom. The number of guanidine groups is 1. The van der Waals surface area contributed by atoms with E-state index in [0.717, 1.165) is 18.7 Å². The molecule has 0 saturated carbocycles. The van der Waals surface area contributed by atoms with Gasteiger partial charge in [0.15, 0.2) is 0 Å². The molecular formula is C12H13F3N4. The SMILES string of the molecule is CN(/N=C\c1cccc(C(F)(F)F)c1)C1=NCCN1. The second-order valence-electron chi connectivity index (χ2n) is 4.02. The molecule has 0 radical (unpaired) electrons. The molecule has 1 aromatic rings. The molecule has 0 amide bonds. The summed E-state index contributed by atoms with van der Waals surface area (Å²) in [4.78, 5) is 4.14. The van der Waals surface area contributed by atoms with E-state index in [1.165, 1.54) is 17.3 Å². The van der Waals surface area contributed by atoms with Crippen molar-refractivity contribution in [1.29, 1.82) is 0 Å². The number of hydrazone groups is 1. The van der Waals surface area contributed by atoms with Crippen molar-refractivity contribution in [3.63, 3.8) is 0 Å². The maximum atomic E-state index is 12.5. The predicted octanol–water partition coefficient (Wildman–Crippen LogP) is 1.93. The summed E-state index contributed by atoms with van der Waals surface area (Å²) >= 11 is 0. The monoisotopic (exact) mass is 270 g/mol. The Balaban J connectivity index is 2.10. The third-order valence-electron chi connectivity index (χ3n) is 2.56. The lowest BCUT2D eigenvalue weighted by atomic mass is 10.1. The average molecular weight is 270 g/mol. The van der Waals surface area contributed by atoms with Gasteiger partial charge in [-0.3, -0.25) is 0 Å². The van der Waals surface area contributed by atoms with Gasteiger partial charge < -0.3 is 5.32 Å². The third kappa shape index (κ3) is 3.46. The van der Waals surface area contributed by atoms with Crippen LogP contribution in [0.15, 0.2) is 34.4 Å². The van der Waals surface area contributed by atoms with Gasteiger partial charge in [-0.1, -0.05) is 12.1 Å². The van der Waals surface area contributed by atoms with Gasteiger partial charge in [-0.05, 0) is 17.7 Å². The van der Waals surface area contributed by atoms with Crippen LogP contribution in [0.3, 0.4) is 0 Å². The fraction of sp³-hybridized carbons (Fsp3) is 0.333. The number of hydrogen-bond donors (Lipinski definition) is 1. The molecular weight excluding hydrogens is 257 g/mol. The molecule has 0 aliphatic carbocycles. The van der Waals surface area contributed by atoms with E-state index in [1.807, 2.05) is 0 Å². The summed E-state index contributed by atoms with van der Waals surface area (Å²) in [6, 6.07) is 5.01. The van der Waals surface area contributed by atoms with Crippen LogP contribution in [0.5, 0.6) is 0 Å². The van der Waals surface area contributed by atoms with Gasteiger partial charge in [0.05, 0.1) is 18.3 Å². The number of rotatable bonds is 2. The highest BCUT2D eigenvalue weighted by Crippen LogP contribution is 2.29. The fourth-order valence-electron chi connectivity index (χ4n) is 1.61. The van der Waals surface area contributed by atoms with Crippen molar-refractivity contribution >= 4 is 12.2 Å². The zero-order valence-corrected chi connectivity index (χ0v) is 10.3. The number of alkyl halides is 3. The minimum atomic E-state index is -4.34. The van der Waals surface area contributed by atoms with Crippen molar-refractivity contribution in [3.8, 4) is 0 Å². The zero-order valence-electron chi connectivity index (χ0n) is 10.3. The highest BCUT2D eigenvalue weighted by Gasteiger charge is 2.30. The fourth-order valence-corrected chi connectivity index (χ4v) is 1.61. The van der Waals surface area contributed by atoms with Gasteiger partial charge in [0.25, 0.3) is 0 Å². The molecule has 0 bridgehead atoms. The Morgan fingerprint density at radius 3 is 2.84 bits per heavy atom. The molecule has 1 aliphatic rings. The number of aliphatic imine (C=N–C) groups is 1. The van der Waals surface area contributed by atoms with Crippen LogP contribution in [-0.4, -0.2) is 37.3 Å². The maximum absolute atomic E-state index is 12.5. The van der Waals surface area contributed by atoms with Gasteiger partial charge in [-0.2, -0.15) is 18.3 Å². The van der Waals surface area contributed by atoms with Gasteiger partial charge in [0.2, 0.25) is 5.96 Å². The molecule has 7 heteroatoms. The molecule has 4 nitrogen and oxygen atoms in total. The van der Waals surface area contributed by atoms with E-state index >= 15 is 0 Å². The van der Waals surface area contributed by atoms with E-state index in [9.17, 15) is 13.2 Å². The zero-order chi connectivity index (χ0) is 13.9. The number of nitrogens with one attached hydrogen (secondary N) is 1. The maximum Gasteiger partial charge on any atom is 0.416 e. The minimum absolute atomic E-state index is 0.389. The van der Waals surface area contributed by atoms with E-state index in [1.54, 1.807) is 13.1 Å². The van der Waals surface area contributed by atoms with Gasteiger partial charge in [0, 0.05) is 13.6 Å². The lowest BCUT2D eigenvalue weighted by Crippen LogP contribution is -2.32. The lowest BCUT2D eigenvalue weighted by Gasteiger charge is -2.12. The topological polar surface area (TPSA) is 40.0 Å². The molecule has 0 aromatic heterocycles. The highest BCUT2D eigenvalue weighted by molar-refractivity contribution is 5.84. The predicted molar refractivity (Wildman–Crippen MR) is 67.1 cm³/mol. The molecule has 0 saturated heterocycles. The number of halogens is 3. The van der Waals surface area contributed by atoms with E-state index < -0.39 is 11.7 Å². The van der Waals surface area contributed by atoms with Crippen LogP contribution in [-0.2, 0) is 6.18 Å². The van der Waals surface area contributed by atoms with Gasteiger partial charge in [-0.15, -0.1) is 0 Å². The van der Waals surface area contributed by atoms with E-state index in [0.29, 0.717) is 18.1 Å². The normalized spacial score (nSPS) is 15.5. The molecule has 1 aromatic carbocycles. The van der Waals surface area contributed by atoms with Crippen LogP contribution in [0.4, 0.5) is 13.2 Å². The van der Waals surface area contributed by atoms with Crippen LogP contribution in [0, 0.1) is 0 Å². The molecule has 2 rings (SSSR count). The van der Waals surface area contributed by atoms with Crippen LogP contribution in [0.2, 0.25) is 0 Å². The van der Waals surface area contributed by atoms with Crippen molar-refractivity contribution in [2.45, 2.75) is 6.18 Å².